The molecule has 0 radical (unpaired) electrons. The topological polar surface area (TPSA) is 118 Å². The van der Waals surface area contributed by atoms with Crippen LogP contribution in [0.15, 0.2) is 29.6 Å². The molecule has 0 aliphatic heterocycles. The second kappa shape index (κ2) is 8.17. The largest absolute Gasteiger partial charge is 0.480 e. The molecule has 144 valence electrons. The summed E-state index contributed by atoms with van der Waals surface area (Å²) in [4.78, 5) is 38.8. The van der Waals surface area contributed by atoms with Gasteiger partial charge in [0.15, 0.2) is 0 Å². The van der Waals surface area contributed by atoms with Gasteiger partial charge in [-0.2, -0.15) is 0 Å². The maximum absolute atomic E-state index is 12.0. The first-order valence-electron chi connectivity index (χ1n) is 8.15. The minimum absolute atomic E-state index is 0.152. The van der Waals surface area contributed by atoms with Crippen LogP contribution in [0.25, 0.3) is 10.6 Å². The molecule has 1 heterocycles. The van der Waals surface area contributed by atoms with Crippen LogP contribution in [0.3, 0.4) is 0 Å². The van der Waals surface area contributed by atoms with Gasteiger partial charge in [-0.1, -0.05) is 0 Å². The summed E-state index contributed by atoms with van der Waals surface area (Å²) in [5.41, 5.74) is 0.900. The lowest BCUT2D eigenvalue weighted by Crippen LogP contribution is -2.38. The molecule has 1 atom stereocenters. The number of hydrogen-bond acceptors (Lipinski definition) is 6. The molecule has 0 aliphatic carbocycles. The van der Waals surface area contributed by atoms with E-state index < -0.39 is 29.6 Å². The van der Waals surface area contributed by atoms with Crippen molar-refractivity contribution in [2.24, 2.45) is 0 Å². The molecule has 2 aromatic rings. The van der Waals surface area contributed by atoms with E-state index in [9.17, 15) is 14.4 Å². The molecule has 8 nitrogen and oxygen atoms in total. The zero-order valence-corrected chi connectivity index (χ0v) is 16.2. The van der Waals surface area contributed by atoms with Crippen LogP contribution < -0.4 is 10.6 Å². The van der Waals surface area contributed by atoms with Crippen LogP contribution in [0.2, 0.25) is 0 Å². The van der Waals surface area contributed by atoms with Gasteiger partial charge in [0.2, 0.25) is 0 Å². The van der Waals surface area contributed by atoms with Crippen molar-refractivity contribution in [1.82, 2.24) is 10.3 Å². The van der Waals surface area contributed by atoms with E-state index in [0.717, 1.165) is 5.56 Å². The van der Waals surface area contributed by atoms with Gasteiger partial charge in [0.25, 0.3) is 5.91 Å². The Hall–Kier alpha value is -2.94. The fourth-order valence-electron chi connectivity index (χ4n) is 1.96. The Morgan fingerprint density at radius 3 is 2.37 bits per heavy atom. The van der Waals surface area contributed by atoms with Gasteiger partial charge in [-0.25, -0.2) is 9.78 Å². The van der Waals surface area contributed by atoms with Crippen LogP contribution in [-0.2, 0) is 9.53 Å². The van der Waals surface area contributed by atoms with Crippen molar-refractivity contribution in [2.75, 3.05) is 5.32 Å². The molecule has 1 aromatic heterocycles. The van der Waals surface area contributed by atoms with Gasteiger partial charge in [-0.15, -0.1) is 11.3 Å². The molecule has 0 saturated carbocycles. The summed E-state index contributed by atoms with van der Waals surface area (Å²) in [5, 5.41) is 16.0. The van der Waals surface area contributed by atoms with Gasteiger partial charge in [0, 0.05) is 16.6 Å². The van der Waals surface area contributed by atoms with Crippen molar-refractivity contribution in [3.05, 3.63) is 35.3 Å². The molecule has 0 saturated heterocycles. The zero-order valence-electron chi connectivity index (χ0n) is 15.4. The quantitative estimate of drug-likeness (QED) is 0.719. The number of nitrogens with zero attached hydrogens (tertiary/aromatic N) is 1. The van der Waals surface area contributed by atoms with E-state index in [2.05, 4.69) is 15.6 Å². The van der Waals surface area contributed by atoms with Crippen LogP contribution in [0.4, 0.5) is 10.5 Å². The third kappa shape index (κ3) is 6.07. The maximum atomic E-state index is 12.0. The Labute approximate surface area is 160 Å². The van der Waals surface area contributed by atoms with E-state index in [1.807, 2.05) is 0 Å². The van der Waals surface area contributed by atoms with Crippen LogP contribution >= 0.6 is 11.3 Å². The second-order valence-corrected chi connectivity index (χ2v) is 7.63. The predicted octanol–water partition coefficient (Wildman–Crippen LogP) is 3.36. The third-order valence-electron chi connectivity index (χ3n) is 3.23. The van der Waals surface area contributed by atoms with Crippen LogP contribution in [0.5, 0.6) is 0 Å². The minimum atomic E-state index is -1.12. The van der Waals surface area contributed by atoms with E-state index in [1.165, 1.54) is 18.3 Å². The minimum Gasteiger partial charge on any atom is -0.480 e. The molecule has 0 aliphatic rings. The number of amides is 2. The van der Waals surface area contributed by atoms with Crippen molar-refractivity contribution < 1.29 is 24.2 Å². The van der Waals surface area contributed by atoms with Crippen molar-refractivity contribution in [2.45, 2.75) is 39.3 Å². The number of rotatable bonds is 5. The second-order valence-electron chi connectivity index (χ2n) is 6.78. The first-order chi connectivity index (χ1) is 12.5. The molecule has 3 N–H and O–H groups in total. The lowest BCUT2D eigenvalue weighted by atomic mass is 10.2. The number of carbonyl (C=O) groups is 3. The summed E-state index contributed by atoms with van der Waals surface area (Å²) in [6.07, 6.45) is -0.545. The summed E-state index contributed by atoms with van der Waals surface area (Å²) in [7, 11) is 0. The average molecular weight is 391 g/mol. The normalized spacial score (nSPS) is 12.1. The highest BCUT2D eigenvalue weighted by molar-refractivity contribution is 7.13. The highest BCUT2D eigenvalue weighted by Gasteiger charge is 2.18. The number of ether oxygens (including phenoxy) is 1. The van der Waals surface area contributed by atoms with Gasteiger partial charge in [-0.05, 0) is 52.0 Å². The van der Waals surface area contributed by atoms with Gasteiger partial charge in [0.1, 0.15) is 22.3 Å². The number of benzene rings is 1. The van der Waals surface area contributed by atoms with E-state index in [-0.39, 0.29) is 5.69 Å². The molecular formula is C18H21N3O5S. The van der Waals surface area contributed by atoms with Crippen molar-refractivity contribution >= 4 is 35.0 Å². The molecule has 0 spiro atoms. The number of carboxylic acid groups (broad SMARTS) is 1. The molecule has 0 fully saturated rings. The first-order valence-corrected chi connectivity index (χ1v) is 9.03. The van der Waals surface area contributed by atoms with Gasteiger partial charge < -0.3 is 15.2 Å². The molecule has 1 aromatic carbocycles. The van der Waals surface area contributed by atoms with Crippen LogP contribution in [0, 0.1) is 0 Å². The van der Waals surface area contributed by atoms with Gasteiger partial charge >= 0.3 is 12.1 Å². The number of carboxylic acids is 1. The van der Waals surface area contributed by atoms with Gasteiger partial charge in [-0.3, -0.25) is 14.9 Å². The number of aliphatic carboxylic acids is 1. The molecule has 2 amide bonds. The summed E-state index contributed by atoms with van der Waals surface area (Å²) in [6, 6.07) is 5.92. The van der Waals surface area contributed by atoms with E-state index >= 15 is 0 Å². The zero-order chi connectivity index (χ0) is 20.2. The van der Waals surface area contributed by atoms with Crippen molar-refractivity contribution in [3.63, 3.8) is 0 Å². The first kappa shape index (κ1) is 20.4. The van der Waals surface area contributed by atoms with E-state index in [4.69, 9.17) is 9.84 Å². The Morgan fingerprint density at radius 1 is 1.19 bits per heavy atom. The Morgan fingerprint density at radius 2 is 1.81 bits per heavy atom. The lowest BCUT2D eigenvalue weighted by molar-refractivity contribution is -0.138. The molecule has 9 heteroatoms. The Kier molecular flexibility index (Phi) is 6.17. The highest BCUT2D eigenvalue weighted by atomic mass is 32.1. The van der Waals surface area contributed by atoms with Crippen LogP contribution in [0.1, 0.15) is 38.2 Å². The van der Waals surface area contributed by atoms with Crippen LogP contribution in [-0.4, -0.2) is 39.7 Å². The number of anilines is 1. The summed E-state index contributed by atoms with van der Waals surface area (Å²) in [6.45, 7) is 6.72. The Bertz CT molecular complexity index is 839. The van der Waals surface area contributed by atoms with Crippen molar-refractivity contribution in [1.29, 1.82) is 0 Å². The lowest BCUT2D eigenvalue weighted by Gasteiger charge is -2.19. The standard InChI is InChI=1S/C18H21N3O5S/c1-10(16(23)24)19-14(22)13-9-27-15(21-13)11-5-7-12(8-6-11)20-17(25)26-18(2,3)4/h5-10H,1-4H3,(H,19,22)(H,20,25)(H,23,24). The summed E-state index contributed by atoms with van der Waals surface area (Å²) >= 11 is 1.26. The number of hydrogen-bond donors (Lipinski definition) is 3. The summed E-state index contributed by atoms with van der Waals surface area (Å²) < 4.78 is 5.19. The van der Waals surface area contributed by atoms with E-state index in [1.54, 1.807) is 50.4 Å². The fraction of sp³-hybridized carbons (Fsp3) is 0.333. The predicted molar refractivity (Wildman–Crippen MR) is 102 cm³/mol. The van der Waals surface area contributed by atoms with Gasteiger partial charge in [0.05, 0.1) is 0 Å². The molecule has 2 rings (SSSR count). The Balaban J connectivity index is 2.03. The highest BCUT2D eigenvalue weighted by Crippen LogP contribution is 2.25. The smallest absolute Gasteiger partial charge is 0.412 e. The maximum Gasteiger partial charge on any atom is 0.412 e. The SMILES string of the molecule is CC(NC(=O)c1csc(-c2ccc(NC(=O)OC(C)(C)C)cc2)n1)C(=O)O. The summed E-state index contributed by atoms with van der Waals surface area (Å²) in [5.74, 6) is -1.66. The average Bonchev–Trinajstić information content (AvgIpc) is 3.03. The number of aromatic nitrogens is 1. The number of carbonyl (C=O) groups excluding carboxylic acids is 2. The third-order valence-corrected chi connectivity index (χ3v) is 4.12. The number of nitrogens with one attached hydrogen (secondary N) is 2. The fourth-order valence-corrected chi connectivity index (χ4v) is 2.77. The molecule has 0 bridgehead atoms. The number of thiazole rings is 1. The molecule has 1 unspecified atom stereocenters. The molecule has 27 heavy (non-hydrogen) atoms. The molecular weight excluding hydrogens is 370 g/mol. The monoisotopic (exact) mass is 391 g/mol. The van der Waals surface area contributed by atoms with Crippen molar-refractivity contribution in [3.8, 4) is 10.6 Å². The van der Waals surface area contributed by atoms with E-state index in [0.29, 0.717) is 10.7 Å².